The van der Waals surface area contributed by atoms with E-state index in [4.69, 9.17) is 4.74 Å². The van der Waals surface area contributed by atoms with Crippen molar-refractivity contribution in [1.82, 2.24) is 0 Å². The molecule has 1 nitrogen and oxygen atoms in total. The van der Waals surface area contributed by atoms with Crippen molar-refractivity contribution in [3.63, 3.8) is 0 Å². The molecule has 0 saturated heterocycles. The normalized spacial score (nSPS) is 17.9. The smallest absolute Gasteiger partial charge is 0.119 e. The van der Waals surface area contributed by atoms with Crippen LogP contribution >= 0.6 is 12.6 Å². The van der Waals surface area contributed by atoms with Crippen molar-refractivity contribution in [2.24, 2.45) is 5.41 Å². The van der Waals surface area contributed by atoms with Crippen molar-refractivity contribution in [3.8, 4) is 5.75 Å². The number of hydrogen-bond acceptors (Lipinski definition) is 2. The number of hydrogen-bond donors (Lipinski definition) is 1. The van der Waals surface area contributed by atoms with Crippen LogP contribution in [0, 0.1) is 5.41 Å². The SMILES string of the molecule is CC(C)c1ccc(OCC2(CS)CCC2)cc1. The van der Waals surface area contributed by atoms with E-state index in [1.807, 2.05) is 0 Å². The van der Waals surface area contributed by atoms with Gasteiger partial charge in [0, 0.05) is 5.41 Å². The van der Waals surface area contributed by atoms with Crippen LogP contribution < -0.4 is 4.74 Å². The highest BCUT2D eigenvalue weighted by molar-refractivity contribution is 7.80. The van der Waals surface area contributed by atoms with Gasteiger partial charge in [0.1, 0.15) is 5.75 Å². The van der Waals surface area contributed by atoms with Crippen molar-refractivity contribution in [2.45, 2.75) is 39.0 Å². The lowest BCUT2D eigenvalue weighted by Gasteiger charge is -2.40. The minimum atomic E-state index is 0.347. The quantitative estimate of drug-likeness (QED) is 0.767. The molecule has 1 saturated carbocycles. The second kappa shape index (κ2) is 5.34. The van der Waals surface area contributed by atoms with Gasteiger partial charge in [0.15, 0.2) is 0 Å². The maximum atomic E-state index is 5.89. The van der Waals surface area contributed by atoms with E-state index in [0.29, 0.717) is 11.3 Å². The highest BCUT2D eigenvalue weighted by Gasteiger charge is 2.36. The fourth-order valence-electron chi connectivity index (χ4n) is 2.21. The van der Waals surface area contributed by atoms with Crippen molar-refractivity contribution < 1.29 is 4.74 Å². The number of rotatable bonds is 5. The minimum Gasteiger partial charge on any atom is -0.493 e. The van der Waals surface area contributed by atoms with Crippen LogP contribution in [0.25, 0.3) is 0 Å². The van der Waals surface area contributed by atoms with E-state index >= 15 is 0 Å². The molecular formula is C15H22OS. The highest BCUT2D eigenvalue weighted by Crippen LogP contribution is 2.42. The van der Waals surface area contributed by atoms with Crippen LogP contribution in [-0.4, -0.2) is 12.4 Å². The second-order valence-electron chi connectivity index (χ2n) is 5.52. The summed E-state index contributed by atoms with van der Waals surface area (Å²) in [5, 5.41) is 0. The van der Waals surface area contributed by atoms with Gasteiger partial charge in [0.05, 0.1) is 6.61 Å². The molecule has 0 unspecified atom stereocenters. The topological polar surface area (TPSA) is 9.23 Å². The summed E-state index contributed by atoms with van der Waals surface area (Å²) in [5.41, 5.74) is 1.71. The zero-order valence-corrected chi connectivity index (χ0v) is 11.7. The first kappa shape index (κ1) is 12.8. The van der Waals surface area contributed by atoms with Crippen LogP contribution in [0.5, 0.6) is 5.75 Å². The molecule has 0 bridgehead atoms. The van der Waals surface area contributed by atoms with Crippen LogP contribution in [0.4, 0.5) is 0 Å². The van der Waals surface area contributed by atoms with Gasteiger partial charge < -0.3 is 4.74 Å². The summed E-state index contributed by atoms with van der Waals surface area (Å²) in [6.07, 6.45) is 3.86. The Kier molecular flexibility index (Phi) is 4.03. The lowest BCUT2D eigenvalue weighted by atomic mass is 9.71. The maximum absolute atomic E-state index is 5.89. The fourth-order valence-corrected chi connectivity index (χ4v) is 2.62. The summed E-state index contributed by atoms with van der Waals surface area (Å²) in [6, 6.07) is 8.49. The Morgan fingerprint density at radius 2 is 1.88 bits per heavy atom. The molecule has 1 aromatic rings. The molecule has 0 amide bonds. The fraction of sp³-hybridized carbons (Fsp3) is 0.600. The average Bonchev–Trinajstić information content (AvgIpc) is 2.29. The predicted molar refractivity (Wildman–Crippen MR) is 76.2 cm³/mol. The first-order valence-corrected chi connectivity index (χ1v) is 7.12. The molecule has 17 heavy (non-hydrogen) atoms. The molecule has 0 radical (unpaired) electrons. The molecule has 0 aromatic heterocycles. The highest BCUT2D eigenvalue weighted by atomic mass is 32.1. The zero-order valence-electron chi connectivity index (χ0n) is 10.8. The molecule has 0 heterocycles. The Labute approximate surface area is 110 Å². The molecule has 0 N–H and O–H groups in total. The van der Waals surface area contributed by atoms with Gasteiger partial charge in [0.2, 0.25) is 0 Å². The van der Waals surface area contributed by atoms with Crippen LogP contribution in [0.3, 0.4) is 0 Å². The van der Waals surface area contributed by atoms with Gasteiger partial charge in [-0.15, -0.1) is 0 Å². The standard InChI is InChI=1S/C15H22OS/c1-12(2)13-4-6-14(7-5-13)16-10-15(11-17)8-3-9-15/h4-7,12,17H,3,8-11H2,1-2H3. The predicted octanol–water partition coefficient (Wildman–Crippen LogP) is 4.29. The molecule has 94 valence electrons. The molecule has 0 aliphatic heterocycles. The third kappa shape index (κ3) is 2.98. The summed E-state index contributed by atoms with van der Waals surface area (Å²) in [4.78, 5) is 0. The molecule has 0 atom stereocenters. The van der Waals surface area contributed by atoms with Gasteiger partial charge >= 0.3 is 0 Å². The van der Waals surface area contributed by atoms with Crippen molar-refractivity contribution in [2.75, 3.05) is 12.4 Å². The minimum absolute atomic E-state index is 0.347. The van der Waals surface area contributed by atoms with Crippen LogP contribution in [0.2, 0.25) is 0 Å². The first-order chi connectivity index (χ1) is 8.15. The maximum Gasteiger partial charge on any atom is 0.119 e. The molecule has 1 aliphatic carbocycles. The Morgan fingerprint density at radius 3 is 2.29 bits per heavy atom. The number of thiol groups is 1. The summed E-state index contributed by atoms with van der Waals surface area (Å²) in [5.74, 6) is 2.51. The molecule has 1 aliphatic rings. The summed E-state index contributed by atoms with van der Waals surface area (Å²) >= 11 is 4.44. The molecule has 0 spiro atoms. The summed E-state index contributed by atoms with van der Waals surface area (Å²) in [6.45, 7) is 5.23. The van der Waals surface area contributed by atoms with E-state index in [1.165, 1.54) is 24.8 Å². The van der Waals surface area contributed by atoms with Gasteiger partial charge in [-0.1, -0.05) is 32.4 Å². The Balaban J connectivity index is 1.91. The second-order valence-corrected chi connectivity index (χ2v) is 5.84. The van der Waals surface area contributed by atoms with Crippen molar-refractivity contribution >= 4 is 12.6 Å². The van der Waals surface area contributed by atoms with Gasteiger partial charge in [-0.2, -0.15) is 12.6 Å². The zero-order chi connectivity index (χ0) is 12.3. The van der Waals surface area contributed by atoms with Crippen LogP contribution in [0.15, 0.2) is 24.3 Å². The molecule has 1 fully saturated rings. The van der Waals surface area contributed by atoms with Gasteiger partial charge in [-0.05, 0) is 42.2 Å². The Hall–Kier alpha value is -0.630. The summed E-state index contributed by atoms with van der Waals surface area (Å²) in [7, 11) is 0. The van der Waals surface area contributed by atoms with Crippen molar-refractivity contribution in [3.05, 3.63) is 29.8 Å². The van der Waals surface area contributed by atoms with Gasteiger partial charge in [-0.3, -0.25) is 0 Å². The molecule has 2 rings (SSSR count). The first-order valence-electron chi connectivity index (χ1n) is 6.49. The molecule has 1 aromatic carbocycles. The van der Waals surface area contributed by atoms with E-state index in [0.717, 1.165) is 18.1 Å². The average molecular weight is 250 g/mol. The lowest BCUT2D eigenvalue weighted by Crippen LogP contribution is -2.37. The van der Waals surface area contributed by atoms with Gasteiger partial charge in [0.25, 0.3) is 0 Å². The van der Waals surface area contributed by atoms with Crippen LogP contribution in [-0.2, 0) is 0 Å². The largest absolute Gasteiger partial charge is 0.493 e. The molecule has 2 heteroatoms. The van der Waals surface area contributed by atoms with Crippen LogP contribution in [0.1, 0.15) is 44.6 Å². The molecular weight excluding hydrogens is 228 g/mol. The summed E-state index contributed by atoms with van der Waals surface area (Å²) < 4.78 is 5.89. The third-order valence-electron chi connectivity index (χ3n) is 3.84. The van der Waals surface area contributed by atoms with E-state index in [-0.39, 0.29) is 0 Å². The number of benzene rings is 1. The van der Waals surface area contributed by atoms with E-state index in [1.54, 1.807) is 0 Å². The lowest BCUT2D eigenvalue weighted by molar-refractivity contribution is 0.0829. The Bertz CT molecular complexity index is 346. The number of ether oxygens (including phenoxy) is 1. The monoisotopic (exact) mass is 250 g/mol. The van der Waals surface area contributed by atoms with E-state index in [9.17, 15) is 0 Å². The van der Waals surface area contributed by atoms with Crippen molar-refractivity contribution in [1.29, 1.82) is 0 Å². The Morgan fingerprint density at radius 1 is 1.24 bits per heavy atom. The van der Waals surface area contributed by atoms with E-state index in [2.05, 4.69) is 50.7 Å². The van der Waals surface area contributed by atoms with Gasteiger partial charge in [-0.25, -0.2) is 0 Å². The van der Waals surface area contributed by atoms with E-state index < -0.39 is 0 Å². The third-order valence-corrected chi connectivity index (χ3v) is 4.51.